The van der Waals surface area contributed by atoms with Gasteiger partial charge >= 0.3 is 0 Å². The number of methoxy groups -OCH3 is 1. The molecule has 0 radical (unpaired) electrons. The van der Waals surface area contributed by atoms with Gasteiger partial charge in [0.2, 0.25) is 0 Å². The van der Waals surface area contributed by atoms with E-state index in [0.717, 1.165) is 0 Å². The van der Waals surface area contributed by atoms with E-state index >= 15 is 0 Å². The third-order valence-corrected chi connectivity index (χ3v) is 4.82. The fraction of sp³-hybridized carbons (Fsp3) is 0.182. The number of rotatable bonds is 2. The summed E-state index contributed by atoms with van der Waals surface area (Å²) in [6.07, 6.45) is 0.0444. The molecule has 2 atom stereocenters. The minimum atomic E-state index is 0.0444. The summed E-state index contributed by atoms with van der Waals surface area (Å²) >= 11 is 0. The lowest BCUT2D eigenvalue weighted by Crippen LogP contribution is -2.20. The summed E-state index contributed by atoms with van der Waals surface area (Å²) in [6.45, 7) is 2.15. The molecule has 4 rings (SSSR count). The van der Waals surface area contributed by atoms with Crippen LogP contribution >= 0.6 is 0 Å². The second kappa shape index (κ2) is 5.68. The molecule has 1 heteroatoms. The zero-order valence-electron chi connectivity index (χ0n) is 13.5. The van der Waals surface area contributed by atoms with Gasteiger partial charge in [-0.2, -0.15) is 0 Å². The number of hydrogen-bond donors (Lipinski definition) is 0. The van der Waals surface area contributed by atoms with E-state index < -0.39 is 0 Å². The largest absolute Gasteiger partial charge is 0.376 e. The Hall–Kier alpha value is -2.38. The Morgan fingerprint density at radius 1 is 0.739 bits per heavy atom. The van der Waals surface area contributed by atoms with Crippen LogP contribution in [0.5, 0.6) is 0 Å². The van der Waals surface area contributed by atoms with Crippen LogP contribution in [-0.4, -0.2) is 7.11 Å². The first kappa shape index (κ1) is 14.2. The number of benzene rings is 3. The molecular weight excluding hydrogens is 280 g/mol. The summed E-state index contributed by atoms with van der Waals surface area (Å²) in [5.74, 6) is 0.229. The standard InChI is InChI=1S/C22H20O/c1-15-12-13-19-20(14-15)17-10-6-7-11-18(17)21(22(19)23-2)16-8-4-3-5-9-16/h3-14,21-22H,1-2H3/t21-,22+/m0/s1. The van der Waals surface area contributed by atoms with Gasteiger partial charge in [0.05, 0.1) is 6.10 Å². The first-order valence-electron chi connectivity index (χ1n) is 8.07. The predicted octanol–water partition coefficient (Wildman–Crippen LogP) is 5.50. The van der Waals surface area contributed by atoms with Gasteiger partial charge in [0.15, 0.2) is 0 Å². The minimum Gasteiger partial charge on any atom is -0.376 e. The summed E-state index contributed by atoms with van der Waals surface area (Å²) in [6, 6.07) is 26.1. The molecule has 3 aromatic carbocycles. The van der Waals surface area contributed by atoms with Gasteiger partial charge in [0, 0.05) is 13.0 Å². The van der Waals surface area contributed by atoms with E-state index in [4.69, 9.17) is 4.74 Å². The molecule has 0 saturated carbocycles. The third kappa shape index (κ3) is 2.29. The molecule has 0 saturated heterocycles. The summed E-state index contributed by atoms with van der Waals surface area (Å²) in [5.41, 5.74) is 7.85. The first-order chi connectivity index (χ1) is 11.3. The number of fused-ring (bicyclic) bond motifs is 3. The first-order valence-corrected chi connectivity index (χ1v) is 8.07. The summed E-state index contributed by atoms with van der Waals surface area (Å²) < 4.78 is 5.98. The molecular formula is C22H20O. The molecule has 114 valence electrons. The van der Waals surface area contributed by atoms with Crippen LogP contribution in [0.3, 0.4) is 0 Å². The fourth-order valence-corrected chi connectivity index (χ4v) is 3.79. The third-order valence-electron chi connectivity index (χ3n) is 4.82. The minimum absolute atomic E-state index is 0.0444. The highest BCUT2D eigenvalue weighted by atomic mass is 16.5. The van der Waals surface area contributed by atoms with Crippen LogP contribution in [0.25, 0.3) is 11.1 Å². The molecule has 0 aliphatic heterocycles. The van der Waals surface area contributed by atoms with Crippen LogP contribution in [0.4, 0.5) is 0 Å². The lowest BCUT2D eigenvalue weighted by molar-refractivity contribution is 0.0881. The van der Waals surface area contributed by atoms with Gasteiger partial charge in [-0.25, -0.2) is 0 Å². The van der Waals surface area contributed by atoms with Gasteiger partial charge in [-0.1, -0.05) is 78.4 Å². The number of ether oxygens (including phenoxy) is 1. The molecule has 3 aromatic rings. The van der Waals surface area contributed by atoms with Crippen LogP contribution < -0.4 is 0 Å². The average molecular weight is 300 g/mol. The number of aryl methyl sites for hydroxylation is 1. The molecule has 0 amide bonds. The van der Waals surface area contributed by atoms with Crippen molar-refractivity contribution in [1.82, 2.24) is 0 Å². The molecule has 0 heterocycles. The summed E-state index contributed by atoms with van der Waals surface area (Å²) in [4.78, 5) is 0. The Bertz CT molecular complexity index is 836. The molecule has 0 N–H and O–H groups in total. The highest BCUT2D eigenvalue weighted by Crippen LogP contribution is 2.50. The second-order valence-corrected chi connectivity index (χ2v) is 6.22. The van der Waals surface area contributed by atoms with Crippen molar-refractivity contribution < 1.29 is 4.74 Å². The lowest BCUT2D eigenvalue weighted by Gasteiger charge is -2.35. The van der Waals surface area contributed by atoms with Gasteiger partial charge in [0.1, 0.15) is 0 Å². The van der Waals surface area contributed by atoms with Crippen LogP contribution in [0.1, 0.15) is 34.3 Å². The highest BCUT2D eigenvalue weighted by molar-refractivity contribution is 5.76. The maximum Gasteiger partial charge on any atom is 0.0936 e. The second-order valence-electron chi connectivity index (χ2n) is 6.22. The molecule has 1 aliphatic carbocycles. The SMILES string of the molecule is CO[C@@H]1c2ccc(C)cc2-c2ccccc2[C@@H]1c1ccccc1. The smallest absolute Gasteiger partial charge is 0.0936 e. The Kier molecular flexibility index (Phi) is 3.51. The average Bonchev–Trinajstić information content (AvgIpc) is 2.61. The molecule has 0 unspecified atom stereocenters. The predicted molar refractivity (Wildman–Crippen MR) is 94.7 cm³/mol. The Morgan fingerprint density at radius 3 is 2.26 bits per heavy atom. The lowest BCUT2D eigenvalue weighted by atomic mass is 9.73. The van der Waals surface area contributed by atoms with Gasteiger partial charge < -0.3 is 4.74 Å². The van der Waals surface area contributed by atoms with Crippen molar-refractivity contribution in [3.05, 3.63) is 95.1 Å². The van der Waals surface area contributed by atoms with Crippen LogP contribution in [-0.2, 0) is 4.74 Å². The summed E-state index contributed by atoms with van der Waals surface area (Å²) in [7, 11) is 1.82. The van der Waals surface area contributed by atoms with E-state index in [0.29, 0.717) is 0 Å². The van der Waals surface area contributed by atoms with Crippen molar-refractivity contribution >= 4 is 0 Å². The van der Waals surface area contributed by atoms with Crippen molar-refractivity contribution in [2.75, 3.05) is 7.11 Å². The van der Waals surface area contributed by atoms with Crippen molar-refractivity contribution in [1.29, 1.82) is 0 Å². The Balaban J connectivity index is 2.00. The topological polar surface area (TPSA) is 9.23 Å². The maximum atomic E-state index is 5.98. The molecule has 0 fully saturated rings. The van der Waals surface area contributed by atoms with E-state index in [9.17, 15) is 0 Å². The Morgan fingerprint density at radius 2 is 1.48 bits per heavy atom. The van der Waals surface area contributed by atoms with Gasteiger partial charge in [0.25, 0.3) is 0 Å². The molecule has 1 nitrogen and oxygen atoms in total. The highest BCUT2D eigenvalue weighted by Gasteiger charge is 2.34. The monoisotopic (exact) mass is 300 g/mol. The van der Waals surface area contributed by atoms with Gasteiger partial charge in [-0.15, -0.1) is 0 Å². The Labute approximate surface area is 137 Å². The number of hydrogen-bond acceptors (Lipinski definition) is 1. The maximum absolute atomic E-state index is 5.98. The molecule has 1 aliphatic rings. The van der Waals surface area contributed by atoms with Gasteiger partial charge in [-0.05, 0) is 34.7 Å². The van der Waals surface area contributed by atoms with Crippen molar-refractivity contribution in [2.24, 2.45) is 0 Å². The van der Waals surface area contributed by atoms with Crippen molar-refractivity contribution in [3.8, 4) is 11.1 Å². The van der Waals surface area contributed by atoms with Crippen LogP contribution in [0.15, 0.2) is 72.8 Å². The zero-order chi connectivity index (χ0) is 15.8. The fourth-order valence-electron chi connectivity index (χ4n) is 3.79. The molecule has 0 spiro atoms. The van der Waals surface area contributed by atoms with Crippen LogP contribution in [0, 0.1) is 6.92 Å². The van der Waals surface area contributed by atoms with Gasteiger partial charge in [-0.3, -0.25) is 0 Å². The quantitative estimate of drug-likeness (QED) is 0.607. The summed E-state index contributed by atoms with van der Waals surface area (Å²) in [5, 5.41) is 0. The zero-order valence-corrected chi connectivity index (χ0v) is 13.5. The van der Waals surface area contributed by atoms with E-state index in [1.807, 2.05) is 7.11 Å². The molecule has 0 bridgehead atoms. The van der Waals surface area contributed by atoms with E-state index in [-0.39, 0.29) is 12.0 Å². The molecule has 23 heavy (non-hydrogen) atoms. The van der Waals surface area contributed by atoms with E-state index in [1.165, 1.54) is 33.4 Å². The van der Waals surface area contributed by atoms with Crippen LogP contribution in [0.2, 0.25) is 0 Å². The van der Waals surface area contributed by atoms with E-state index in [2.05, 4.69) is 79.7 Å². The molecule has 0 aromatic heterocycles. The van der Waals surface area contributed by atoms with Crippen molar-refractivity contribution in [3.63, 3.8) is 0 Å². The normalized spacial score (nSPS) is 19.0. The van der Waals surface area contributed by atoms with Crippen molar-refractivity contribution in [2.45, 2.75) is 18.9 Å². The van der Waals surface area contributed by atoms with E-state index in [1.54, 1.807) is 0 Å².